The van der Waals surface area contributed by atoms with Gasteiger partial charge in [0.2, 0.25) is 0 Å². The number of nitrogens with zero attached hydrogens (tertiary/aromatic N) is 1. The number of aliphatic hydroxyl groups excluding tert-OH is 1. The predicted molar refractivity (Wildman–Crippen MR) is 70.5 cm³/mol. The van der Waals surface area contributed by atoms with Gasteiger partial charge in [-0.05, 0) is 35.3 Å². The lowest BCUT2D eigenvalue weighted by atomic mass is 10.0. The number of hydrogen-bond acceptors (Lipinski definition) is 3. The standard InChI is InChI=1S/C12H16BrFN2O/c1-7(17)8-2-3-16(6-8)12-5-10(14)9(13)4-11(12)15/h4-5,7-8,17H,2-3,6,15H2,1H3. The maximum absolute atomic E-state index is 13.5. The Morgan fingerprint density at radius 2 is 2.29 bits per heavy atom. The second-order valence-electron chi connectivity index (χ2n) is 4.56. The van der Waals surface area contributed by atoms with Crippen LogP contribution in [0.4, 0.5) is 15.8 Å². The van der Waals surface area contributed by atoms with Crippen molar-refractivity contribution >= 4 is 27.3 Å². The van der Waals surface area contributed by atoms with Gasteiger partial charge in [0.25, 0.3) is 0 Å². The summed E-state index contributed by atoms with van der Waals surface area (Å²) in [5.41, 5.74) is 7.17. The third-order valence-electron chi connectivity index (χ3n) is 3.32. The largest absolute Gasteiger partial charge is 0.397 e. The molecule has 0 saturated carbocycles. The van der Waals surface area contributed by atoms with Crippen LogP contribution in [0.2, 0.25) is 0 Å². The molecule has 94 valence electrons. The van der Waals surface area contributed by atoms with E-state index in [1.54, 1.807) is 13.0 Å². The quantitative estimate of drug-likeness (QED) is 0.825. The minimum atomic E-state index is -0.332. The van der Waals surface area contributed by atoms with Crippen molar-refractivity contribution in [1.82, 2.24) is 0 Å². The molecule has 2 unspecified atom stereocenters. The zero-order valence-corrected chi connectivity index (χ0v) is 11.2. The van der Waals surface area contributed by atoms with Crippen molar-refractivity contribution < 1.29 is 9.50 Å². The fourth-order valence-electron chi connectivity index (χ4n) is 2.23. The fourth-order valence-corrected chi connectivity index (χ4v) is 2.59. The molecule has 3 nitrogen and oxygen atoms in total. The minimum absolute atomic E-state index is 0.237. The summed E-state index contributed by atoms with van der Waals surface area (Å²) in [5.74, 6) is -0.0733. The van der Waals surface area contributed by atoms with Gasteiger partial charge in [-0.3, -0.25) is 0 Å². The van der Waals surface area contributed by atoms with E-state index in [1.165, 1.54) is 6.07 Å². The molecule has 0 amide bonds. The Balaban J connectivity index is 2.22. The average Bonchev–Trinajstić information content (AvgIpc) is 2.72. The molecule has 1 aromatic carbocycles. The van der Waals surface area contributed by atoms with Crippen LogP contribution in [0.25, 0.3) is 0 Å². The predicted octanol–water partition coefficient (Wildman–Crippen LogP) is 2.38. The van der Waals surface area contributed by atoms with Crippen LogP contribution in [-0.2, 0) is 0 Å². The van der Waals surface area contributed by atoms with Gasteiger partial charge in [0.05, 0.1) is 22.0 Å². The molecule has 1 aliphatic heterocycles. The normalized spacial score (nSPS) is 21.9. The van der Waals surface area contributed by atoms with Crippen LogP contribution in [0.1, 0.15) is 13.3 Å². The molecule has 0 aliphatic carbocycles. The number of rotatable bonds is 2. The smallest absolute Gasteiger partial charge is 0.139 e. The molecule has 2 rings (SSSR count). The third-order valence-corrected chi connectivity index (χ3v) is 3.92. The first-order valence-electron chi connectivity index (χ1n) is 5.66. The van der Waals surface area contributed by atoms with Gasteiger partial charge in [0.15, 0.2) is 0 Å². The number of nitrogen functional groups attached to an aromatic ring is 1. The number of hydrogen-bond donors (Lipinski definition) is 2. The topological polar surface area (TPSA) is 49.5 Å². The lowest BCUT2D eigenvalue weighted by molar-refractivity contribution is 0.136. The van der Waals surface area contributed by atoms with Crippen molar-refractivity contribution in [2.45, 2.75) is 19.4 Å². The van der Waals surface area contributed by atoms with Crippen molar-refractivity contribution in [3.8, 4) is 0 Å². The van der Waals surface area contributed by atoms with E-state index < -0.39 is 0 Å². The van der Waals surface area contributed by atoms with Crippen LogP contribution in [-0.4, -0.2) is 24.3 Å². The highest BCUT2D eigenvalue weighted by Crippen LogP contribution is 2.33. The van der Waals surface area contributed by atoms with Gasteiger partial charge in [-0.25, -0.2) is 4.39 Å². The molecular weight excluding hydrogens is 287 g/mol. The molecule has 0 spiro atoms. The number of halogens is 2. The Morgan fingerprint density at radius 3 is 2.88 bits per heavy atom. The lowest BCUT2D eigenvalue weighted by Gasteiger charge is -2.21. The highest BCUT2D eigenvalue weighted by molar-refractivity contribution is 9.10. The first-order valence-corrected chi connectivity index (χ1v) is 6.46. The highest BCUT2D eigenvalue weighted by atomic mass is 79.9. The fraction of sp³-hybridized carbons (Fsp3) is 0.500. The van der Waals surface area contributed by atoms with E-state index in [0.29, 0.717) is 15.8 Å². The zero-order valence-electron chi connectivity index (χ0n) is 9.66. The van der Waals surface area contributed by atoms with Gasteiger partial charge in [0.1, 0.15) is 5.82 Å². The van der Waals surface area contributed by atoms with Crippen molar-refractivity contribution in [3.63, 3.8) is 0 Å². The van der Waals surface area contributed by atoms with Gasteiger partial charge in [-0.1, -0.05) is 0 Å². The number of nitrogens with two attached hydrogens (primary N) is 1. The molecule has 0 radical (unpaired) electrons. The molecule has 3 N–H and O–H groups in total. The highest BCUT2D eigenvalue weighted by Gasteiger charge is 2.27. The van der Waals surface area contributed by atoms with E-state index >= 15 is 0 Å². The van der Waals surface area contributed by atoms with Crippen LogP contribution >= 0.6 is 15.9 Å². The monoisotopic (exact) mass is 302 g/mol. The van der Waals surface area contributed by atoms with Crippen LogP contribution in [0, 0.1) is 11.7 Å². The van der Waals surface area contributed by atoms with Gasteiger partial charge in [-0.2, -0.15) is 0 Å². The Hall–Kier alpha value is -0.810. The summed E-state index contributed by atoms with van der Waals surface area (Å²) >= 11 is 3.11. The van der Waals surface area contributed by atoms with E-state index in [-0.39, 0.29) is 17.8 Å². The molecule has 17 heavy (non-hydrogen) atoms. The second-order valence-corrected chi connectivity index (χ2v) is 5.41. The average molecular weight is 303 g/mol. The second kappa shape index (κ2) is 4.82. The molecule has 0 bridgehead atoms. The maximum Gasteiger partial charge on any atom is 0.139 e. The molecule has 2 atom stereocenters. The Bertz CT molecular complexity index is 425. The van der Waals surface area contributed by atoms with E-state index in [1.807, 2.05) is 4.90 Å². The van der Waals surface area contributed by atoms with Crippen molar-refractivity contribution in [2.24, 2.45) is 5.92 Å². The summed E-state index contributed by atoms with van der Waals surface area (Å²) in [6, 6.07) is 3.03. The summed E-state index contributed by atoms with van der Waals surface area (Å²) in [4.78, 5) is 2.03. The summed E-state index contributed by atoms with van der Waals surface area (Å²) in [6.45, 7) is 3.32. The molecule has 1 aromatic rings. The van der Waals surface area contributed by atoms with Gasteiger partial charge < -0.3 is 15.7 Å². The van der Waals surface area contributed by atoms with Crippen molar-refractivity contribution in [2.75, 3.05) is 23.7 Å². The van der Waals surface area contributed by atoms with Gasteiger partial charge in [-0.15, -0.1) is 0 Å². The van der Waals surface area contributed by atoms with E-state index in [0.717, 1.165) is 19.5 Å². The van der Waals surface area contributed by atoms with Gasteiger partial charge >= 0.3 is 0 Å². The minimum Gasteiger partial charge on any atom is -0.397 e. The Labute approximate surface area is 109 Å². The molecule has 1 saturated heterocycles. The Morgan fingerprint density at radius 1 is 1.59 bits per heavy atom. The van der Waals surface area contributed by atoms with Crippen LogP contribution in [0.5, 0.6) is 0 Å². The van der Waals surface area contributed by atoms with E-state index in [4.69, 9.17) is 5.73 Å². The third kappa shape index (κ3) is 2.55. The molecule has 1 heterocycles. The van der Waals surface area contributed by atoms with Crippen LogP contribution < -0.4 is 10.6 Å². The summed E-state index contributed by atoms with van der Waals surface area (Å²) < 4.78 is 13.9. The van der Waals surface area contributed by atoms with Gasteiger partial charge in [0, 0.05) is 25.1 Å². The number of anilines is 2. The molecule has 1 aliphatic rings. The summed E-state index contributed by atoms with van der Waals surface area (Å²) in [6.07, 6.45) is 0.580. The first-order chi connectivity index (χ1) is 7.99. The Kier molecular flexibility index (Phi) is 3.58. The summed E-state index contributed by atoms with van der Waals surface area (Å²) in [5, 5.41) is 9.55. The first kappa shape index (κ1) is 12.6. The summed E-state index contributed by atoms with van der Waals surface area (Å²) in [7, 11) is 0. The maximum atomic E-state index is 13.5. The number of benzene rings is 1. The van der Waals surface area contributed by atoms with Crippen LogP contribution in [0.3, 0.4) is 0 Å². The van der Waals surface area contributed by atoms with Crippen molar-refractivity contribution in [1.29, 1.82) is 0 Å². The van der Waals surface area contributed by atoms with Crippen molar-refractivity contribution in [3.05, 3.63) is 22.4 Å². The van der Waals surface area contributed by atoms with Crippen LogP contribution in [0.15, 0.2) is 16.6 Å². The lowest BCUT2D eigenvalue weighted by Crippen LogP contribution is -2.24. The molecular formula is C12H16BrFN2O. The SMILES string of the molecule is CC(O)C1CCN(c2cc(F)c(Br)cc2N)C1. The van der Waals surface area contributed by atoms with E-state index in [9.17, 15) is 9.50 Å². The molecule has 5 heteroatoms. The molecule has 0 aromatic heterocycles. The zero-order chi connectivity index (χ0) is 12.6. The molecule has 1 fully saturated rings. The van der Waals surface area contributed by atoms with E-state index in [2.05, 4.69) is 15.9 Å². The number of aliphatic hydroxyl groups is 1.